The Balaban J connectivity index is 1.91. The molecule has 0 saturated carbocycles. The molecule has 2 aromatic rings. The van der Waals surface area contributed by atoms with Crippen LogP contribution in [0.25, 0.3) is 0 Å². The number of nitrogens with zero attached hydrogens (tertiary/aromatic N) is 2. The van der Waals surface area contributed by atoms with Crippen molar-refractivity contribution in [3.63, 3.8) is 0 Å². The van der Waals surface area contributed by atoms with Gasteiger partial charge in [-0.2, -0.15) is 0 Å². The van der Waals surface area contributed by atoms with Gasteiger partial charge in [0.2, 0.25) is 0 Å². The number of carbonyl (C=O) groups excluding carboxylic acids is 2. The van der Waals surface area contributed by atoms with Gasteiger partial charge in [0.05, 0.1) is 11.7 Å². The lowest BCUT2D eigenvalue weighted by atomic mass is 10.0. The van der Waals surface area contributed by atoms with E-state index in [0.29, 0.717) is 35.7 Å². The summed E-state index contributed by atoms with van der Waals surface area (Å²) in [5, 5.41) is 2.87. The Morgan fingerprint density at radius 1 is 1.09 bits per heavy atom. The fourth-order valence-electron chi connectivity index (χ4n) is 3.83. The molecule has 1 aliphatic heterocycles. The number of hydrogen-bond donors (Lipinski definition) is 1. The maximum atomic E-state index is 13.3. The lowest BCUT2D eigenvalue weighted by Crippen LogP contribution is -2.45. The molecule has 0 saturated heterocycles. The van der Waals surface area contributed by atoms with Gasteiger partial charge in [0.15, 0.2) is 0 Å². The summed E-state index contributed by atoms with van der Waals surface area (Å²) < 4.78 is 11.8. The SMILES string of the molecule is CO[C@H]1CN(C)C(=O)c2cc(NC(=O)c3ccccc3)ccc2OC[C@H](C)N(C)C[C@H]1C. The summed E-state index contributed by atoms with van der Waals surface area (Å²) in [6, 6.07) is 14.3. The van der Waals surface area contributed by atoms with E-state index in [1.165, 1.54) is 0 Å². The third kappa shape index (κ3) is 5.66. The zero-order valence-electron chi connectivity index (χ0n) is 19.5. The van der Waals surface area contributed by atoms with Crippen molar-refractivity contribution in [1.29, 1.82) is 0 Å². The summed E-state index contributed by atoms with van der Waals surface area (Å²) in [5.74, 6) is 0.330. The minimum absolute atomic E-state index is 0.0941. The molecular formula is C25H33N3O4. The fourth-order valence-corrected chi connectivity index (χ4v) is 3.83. The topological polar surface area (TPSA) is 71.1 Å². The molecule has 7 heteroatoms. The highest BCUT2D eigenvalue weighted by molar-refractivity contribution is 6.05. The van der Waals surface area contributed by atoms with Crippen molar-refractivity contribution in [2.24, 2.45) is 5.92 Å². The van der Waals surface area contributed by atoms with Gasteiger partial charge < -0.3 is 19.7 Å². The number of ether oxygens (including phenoxy) is 2. The summed E-state index contributed by atoms with van der Waals surface area (Å²) >= 11 is 0. The highest BCUT2D eigenvalue weighted by Gasteiger charge is 2.27. The number of nitrogens with one attached hydrogen (secondary N) is 1. The van der Waals surface area contributed by atoms with Crippen molar-refractivity contribution in [3.05, 3.63) is 59.7 Å². The van der Waals surface area contributed by atoms with Crippen LogP contribution in [0.4, 0.5) is 5.69 Å². The van der Waals surface area contributed by atoms with E-state index in [1.54, 1.807) is 49.4 Å². The van der Waals surface area contributed by atoms with Gasteiger partial charge in [-0.1, -0.05) is 25.1 Å². The van der Waals surface area contributed by atoms with E-state index in [2.05, 4.69) is 31.1 Å². The predicted octanol–water partition coefficient (Wildman–Crippen LogP) is 3.37. The first-order chi connectivity index (χ1) is 15.3. The van der Waals surface area contributed by atoms with Crippen molar-refractivity contribution < 1.29 is 19.1 Å². The van der Waals surface area contributed by atoms with Crippen molar-refractivity contribution in [1.82, 2.24) is 9.80 Å². The maximum Gasteiger partial charge on any atom is 0.257 e. The van der Waals surface area contributed by atoms with Crippen LogP contribution in [0.5, 0.6) is 5.75 Å². The first-order valence-corrected chi connectivity index (χ1v) is 10.9. The van der Waals surface area contributed by atoms with Crippen molar-refractivity contribution >= 4 is 17.5 Å². The molecule has 3 rings (SSSR count). The highest BCUT2D eigenvalue weighted by atomic mass is 16.5. The van der Waals surface area contributed by atoms with Crippen LogP contribution in [0.3, 0.4) is 0 Å². The molecule has 0 aromatic heterocycles. The van der Waals surface area contributed by atoms with Gasteiger partial charge in [-0.25, -0.2) is 0 Å². The number of fused-ring (bicyclic) bond motifs is 1. The third-order valence-corrected chi connectivity index (χ3v) is 6.05. The van der Waals surface area contributed by atoms with E-state index < -0.39 is 0 Å². The Morgan fingerprint density at radius 2 is 1.81 bits per heavy atom. The van der Waals surface area contributed by atoms with E-state index >= 15 is 0 Å². The van der Waals surface area contributed by atoms with Crippen LogP contribution in [0.1, 0.15) is 34.6 Å². The van der Waals surface area contributed by atoms with Crippen LogP contribution in [0.15, 0.2) is 48.5 Å². The molecule has 0 unspecified atom stereocenters. The van der Waals surface area contributed by atoms with E-state index in [4.69, 9.17) is 9.47 Å². The van der Waals surface area contributed by atoms with Crippen LogP contribution in [-0.2, 0) is 4.74 Å². The molecule has 1 N–H and O–H groups in total. The molecule has 7 nitrogen and oxygen atoms in total. The molecule has 0 spiro atoms. The van der Waals surface area contributed by atoms with E-state index in [9.17, 15) is 9.59 Å². The quantitative estimate of drug-likeness (QED) is 0.794. The summed E-state index contributed by atoms with van der Waals surface area (Å²) in [6.45, 7) is 5.97. The average molecular weight is 440 g/mol. The lowest BCUT2D eigenvalue weighted by Gasteiger charge is -2.34. The number of hydrogen-bond acceptors (Lipinski definition) is 5. The van der Waals surface area contributed by atoms with Crippen LogP contribution in [-0.4, -0.2) is 74.7 Å². The van der Waals surface area contributed by atoms with Crippen LogP contribution >= 0.6 is 0 Å². The minimum atomic E-state index is -0.232. The van der Waals surface area contributed by atoms with Crippen LogP contribution in [0, 0.1) is 5.92 Å². The number of methoxy groups -OCH3 is 1. The number of anilines is 1. The summed E-state index contributed by atoms with van der Waals surface area (Å²) in [4.78, 5) is 29.8. The Hall–Kier alpha value is -2.90. The molecule has 1 heterocycles. The standard InChI is InChI=1S/C25H33N3O4/c1-17-14-27(3)18(2)16-32-22-12-11-20(26-24(29)19-9-7-6-8-10-19)13-21(22)25(30)28(4)15-23(17)31-5/h6-13,17-18,23H,14-16H2,1-5H3,(H,26,29)/t17-,18+,23+/m1/s1. The van der Waals surface area contributed by atoms with E-state index in [1.807, 2.05) is 18.2 Å². The second kappa shape index (κ2) is 10.6. The van der Waals surface area contributed by atoms with Gasteiger partial charge in [0, 0.05) is 44.5 Å². The molecule has 0 fully saturated rings. The second-order valence-corrected chi connectivity index (χ2v) is 8.57. The fraction of sp³-hybridized carbons (Fsp3) is 0.440. The smallest absolute Gasteiger partial charge is 0.257 e. The first-order valence-electron chi connectivity index (χ1n) is 10.9. The predicted molar refractivity (Wildman–Crippen MR) is 125 cm³/mol. The number of rotatable bonds is 3. The number of carbonyl (C=O) groups is 2. The van der Waals surface area contributed by atoms with Gasteiger partial charge >= 0.3 is 0 Å². The average Bonchev–Trinajstić information content (AvgIpc) is 2.80. The summed E-state index contributed by atoms with van der Waals surface area (Å²) in [5.41, 5.74) is 1.50. The summed E-state index contributed by atoms with van der Waals surface area (Å²) in [6.07, 6.45) is -0.0941. The minimum Gasteiger partial charge on any atom is -0.491 e. The van der Waals surface area contributed by atoms with Gasteiger partial charge in [-0.05, 0) is 50.2 Å². The Bertz CT molecular complexity index is 934. The zero-order chi connectivity index (χ0) is 23.3. The molecule has 32 heavy (non-hydrogen) atoms. The largest absolute Gasteiger partial charge is 0.491 e. The van der Waals surface area contributed by atoms with Crippen LogP contribution < -0.4 is 10.1 Å². The molecule has 0 bridgehead atoms. The molecule has 0 aliphatic carbocycles. The third-order valence-electron chi connectivity index (χ3n) is 6.05. The van der Waals surface area contributed by atoms with Crippen molar-refractivity contribution in [3.8, 4) is 5.75 Å². The molecule has 3 atom stereocenters. The van der Waals surface area contributed by atoms with Gasteiger partial charge in [-0.3, -0.25) is 14.5 Å². The molecule has 2 aromatic carbocycles. The van der Waals surface area contributed by atoms with Crippen LogP contribution in [0.2, 0.25) is 0 Å². The Morgan fingerprint density at radius 3 is 2.50 bits per heavy atom. The number of likely N-dealkylation sites (N-methyl/N-ethyl adjacent to an activating group) is 2. The zero-order valence-corrected chi connectivity index (χ0v) is 19.5. The molecule has 0 radical (unpaired) electrons. The molecule has 172 valence electrons. The second-order valence-electron chi connectivity index (χ2n) is 8.57. The molecule has 2 amide bonds. The van der Waals surface area contributed by atoms with Gasteiger partial charge in [-0.15, -0.1) is 0 Å². The lowest BCUT2D eigenvalue weighted by molar-refractivity contribution is 0.0150. The normalized spacial score (nSPS) is 22.8. The highest BCUT2D eigenvalue weighted by Crippen LogP contribution is 2.26. The Labute approximate surface area is 190 Å². The van der Waals surface area contributed by atoms with E-state index in [0.717, 1.165) is 6.54 Å². The summed E-state index contributed by atoms with van der Waals surface area (Å²) in [7, 11) is 5.52. The molecule has 1 aliphatic rings. The number of benzene rings is 2. The first kappa shape index (κ1) is 23.8. The van der Waals surface area contributed by atoms with E-state index in [-0.39, 0.29) is 29.9 Å². The number of amides is 2. The van der Waals surface area contributed by atoms with Gasteiger partial charge in [0.25, 0.3) is 11.8 Å². The van der Waals surface area contributed by atoms with Gasteiger partial charge in [0.1, 0.15) is 12.4 Å². The Kier molecular flexibility index (Phi) is 7.88. The monoisotopic (exact) mass is 439 g/mol. The maximum absolute atomic E-state index is 13.3. The van der Waals surface area contributed by atoms with Crippen molar-refractivity contribution in [2.45, 2.75) is 26.0 Å². The molecular weight excluding hydrogens is 406 g/mol. The van der Waals surface area contributed by atoms with Crippen molar-refractivity contribution in [2.75, 3.05) is 46.2 Å².